The molecule has 0 aliphatic carbocycles. The van der Waals surface area contributed by atoms with E-state index in [0.29, 0.717) is 24.3 Å². The summed E-state index contributed by atoms with van der Waals surface area (Å²) in [7, 11) is -1.09. The van der Waals surface area contributed by atoms with Gasteiger partial charge in [-0.3, -0.25) is 13.9 Å². The summed E-state index contributed by atoms with van der Waals surface area (Å²) in [4.78, 5) is 28.1. The Hall–Kier alpha value is -3.85. The number of nitrogens with zero attached hydrogens (tertiary/aromatic N) is 2. The minimum Gasteiger partial charge on any atom is -0.497 e. The van der Waals surface area contributed by atoms with Crippen molar-refractivity contribution in [1.29, 1.82) is 0 Å². The molecule has 0 aliphatic rings. The van der Waals surface area contributed by atoms with Crippen molar-refractivity contribution in [1.82, 2.24) is 10.2 Å². The fourth-order valence-electron chi connectivity index (χ4n) is 4.18. The van der Waals surface area contributed by atoms with Crippen LogP contribution < -0.4 is 14.4 Å². The lowest BCUT2D eigenvalue weighted by molar-refractivity contribution is -0.139. The van der Waals surface area contributed by atoms with Gasteiger partial charge >= 0.3 is 0 Å². The van der Waals surface area contributed by atoms with Crippen molar-refractivity contribution < 1.29 is 22.7 Å². The maximum absolute atomic E-state index is 13.8. The van der Waals surface area contributed by atoms with Crippen LogP contribution >= 0.6 is 0 Å². The molecular formula is C29H35N3O5S. The molecule has 3 rings (SSSR count). The molecule has 0 fully saturated rings. The Labute approximate surface area is 225 Å². The molecule has 0 saturated carbocycles. The van der Waals surface area contributed by atoms with Gasteiger partial charge in [0.25, 0.3) is 10.0 Å². The molecule has 0 unspecified atom stereocenters. The summed E-state index contributed by atoms with van der Waals surface area (Å²) < 4.78 is 33.9. The van der Waals surface area contributed by atoms with E-state index in [2.05, 4.69) is 5.32 Å². The zero-order valence-electron chi connectivity index (χ0n) is 22.3. The zero-order valence-corrected chi connectivity index (χ0v) is 23.1. The SMILES string of the molecule is CC[C@@H](C(=O)NC)N(CCc1ccccc1)C(=O)CN(c1ccc(C)cc1)S(=O)(=O)c1ccc(OC)cc1. The van der Waals surface area contributed by atoms with Gasteiger partial charge in [-0.25, -0.2) is 8.42 Å². The Morgan fingerprint density at radius 2 is 1.58 bits per heavy atom. The average Bonchev–Trinajstić information content (AvgIpc) is 2.94. The highest BCUT2D eigenvalue weighted by atomic mass is 32.2. The van der Waals surface area contributed by atoms with Crippen LogP contribution in [-0.4, -0.2) is 58.4 Å². The first-order chi connectivity index (χ1) is 18.2. The number of likely N-dealkylation sites (N-methyl/N-ethyl adjacent to an activating group) is 1. The van der Waals surface area contributed by atoms with E-state index in [1.165, 1.54) is 31.2 Å². The summed E-state index contributed by atoms with van der Waals surface area (Å²) in [5.74, 6) is -0.242. The predicted molar refractivity (Wildman–Crippen MR) is 149 cm³/mol. The molecule has 0 aromatic heterocycles. The first kappa shape index (κ1) is 28.7. The van der Waals surface area contributed by atoms with Gasteiger partial charge in [-0.05, 0) is 61.7 Å². The lowest BCUT2D eigenvalue weighted by Gasteiger charge is -2.33. The molecule has 0 aliphatic heterocycles. The Kier molecular flexibility index (Phi) is 9.90. The molecule has 3 aromatic carbocycles. The highest BCUT2D eigenvalue weighted by molar-refractivity contribution is 7.92. The molecular weight excluding hydrogens is 502 g/mol. The number of nitrogens with one attached hydrogen (secondary N) is 1. The van der Waals surface area contributed by atoms with Crippen molar-refractivity contribution in [3.05, 3.63) is 90.0 Å². The number of rotatable bonds is 12. The first-order valence-electron chi connectivity index (χ1n) is 12.5. The number of carbonyl (C=O) groups is 2. The van der Waals surface area contributed by atoms with Gasteiger partial charge in [0.1, 0.15) is 18.3 Å². The monoisotopic (exact) mass is 537 g/mol. The maximum atomic E-state index is 13.8. The van der Waals surface area contributed by atoms with Crippen LogP contribution in [0, 0.1) is 6.92 Å². The molecule has 0 spiro atoms. The van der Waals surface area contributed by atoms with Gasteiger partial charge < -0.3 is 15.0 Å². The summed E-state index contributed by atoms with van der Waals surface area (Å²) in [6.45, 7) is 3.53. The minimum atomic E-state index is -4.12. The van der Waals surface area contributed by atoms with Crippen LogP contribution in [0.3, 0.4) is 0 Å². The molecule has 8 nitrogen and oxygen atoms in total. The second-order valence-corrected chi connectivity index (χ2v) is 10.7. The molecule has 9 heteroatoms. The second-order valence-electron chi connectivity index (χ2n) is 8.88. The van der Waals surface area contributed by atoms with Crippen molar-refractivity contribution in [2.45, 2.75) is 37.6 Å². The highest BCUT2D eigenvalue weighted by Gasteiger charge is 2.33. The van der Waals surface area contributed by atoms with Gasteiger partial charge in [-0.1, -0.05) is 55.0 Å². The third kappa shape index (κ3) is 6.92. The molecule has 1 N–H and O–H groups in total. The third-order valence-electron chi connectivity index (χ3n) is 6.36. The van der Waals surface area contributed by atoms with Gasteiger partial charge in [0.2, 0.25) is 11.8 Å². The summed E-state index contributed by atoms with van der Waals surface area (Å²) in [5.41, 5.74) is 2.33. The lowest BCUT2D eigenvalue weighted by Crippen LogP contribution is -2.52. The number of carbonyl (C=O) groups excluding carboxylic acids is 2. The number of amides is 2. The number of hydrogen-bond donors (Lipinski definition) is 1. The van der Waals surface area contributed by atoms with Crippen molar-refractivity contribution in [2.24, 2.45) is 0 Å². The third-order valence-corrected chi connectivity index (χ3v) is 8.15. The van der Waals surface area contributed by atoms with Crippen LogP contribution in [-0.2, 0) is 26.0 Å². The van der Waals surface area contributed by atoms with Gasteiger partial charge in [0.05, 0.1) is 17.7 Å². The second kappa shape index (κ2) is 13.1. The van der Waals surface area contributed by atoms with Crippen LogP contribution in [0.1, 0.15) is 24.5 Å². The summed E-state index contributed by atoms with van der Waals surface area (Å²) >= 11 is 0. The fourth-order valence-corrected chi connectivity index (χ4v) is 5.59. The van der Waals surface area contributed by atoms with Crippen LogP contribution in [0.25, 0.3) is 0 Å². The number of benzene rings is 3. The normalized spacial score (nSPS) is 11.9. The summed E-state index contributed by atoms with van der Waals surface area (Å²) in [6.07, 6.45) is 0.909. The Balaban J connectivity index is 1.99. The summed E-state index contributed by atoms with van der Waals surface area (Å²) in [5, 5.41) is 2.63. The molecule has 38 heavy (non-hydrogen) atoms. The van der Waals surface area contributed by atoms with Crippen molar-refractivity contribution in [3.63, 3.8) is 0 Å². The Bertz CT molecular complexity index is 1310. The van der Waals surface area contributed by atoms with E-state index in [9.17, 15) is 18.0 Å². The minimum absolute atomic E-state index is 0.0286. The number of hydrogen-bond acceptors (Lipinski definition) is 5. The first-order valence-corrected chi connectivity index (χ1v) is 13.9. The lowest BCUT2D eigenvalue weighted by atomic mass is 10.1. The molecule has 1 atom stereocenters. The molecule has 0 bridgehead atoms. The van der Waals surface area contributed by atoms with Crippen LogP contribution in [0.5, 0.6) is 5.75 Å². The fraction of sp³-hybridized carbons (Fsp3) is 0.310. The number of sulfonamides is 1. The number of methoxy groups -OCH3 is 1. The molecule has 0 saturated heterocycles. The summed E-state index contributed by atoms with van der Waals surface area (Å²) in [6, 6.07) is 21.9. The molecule has 0 heterocycles. The molecule has 2 amide bonds. The van der Waals surface area contributed by atoms with E-state index in [4.69, 9.17) is 4.74 Å². The van der Waals surface area contributed by atoms with Crippen molar-refractivity contribution >= 4 is 27.5 Å². The molecule has 202 valence electrons. The van der Waals surface area contributed by atoms with E-state index in [0.717, 1.165) is 15.4 Å². The largest absolute Gasteiger partial charge is 0.497 e. The van der Waals surface area contributed by atoms with E-state index in [1.54, 1.807) is 36.4 Å². The smallest absolute Gasteiger partial charge is 0.264 e. The van der Waals surface area contributed by atoms with Crippen molar-refractivity contribution in [3.8, 4) is 5.75 Å². The van der Waals surface area contributed by atoms with Crippen LogP contribution in [0.2, 0.25) is 0 Å². The average molecular weight is 538 g/mol. The number of ether oxygens (including phenoxy) is 1. The van der Waals surface area contributed by atoms with Gasteiger partial charge in [-0.2, -0.15) is 0 Å². The number of anilines is 1. The van der Waals surface area contributed by atoms with Crippen LogP contribution in [0.4, 0.5) is 5.69 Å². The Morgan fingerprint density at radius 3 is 2.13 bits per heavy atom. The molecule has 0 radical (unpaired) electrons. The van der Waals surface area contributed by atoms with Gasteiger partial charge in [-0.15, -0.1) is 0 Å². The van der Waals surface area contributed by atoms with Crippen LogP contribution in [0.15, 0.2) is 83.8 Å². The van der Waals surface area contributed by atoms with Gasteiger partial charge in [0.15, 0.2) is 0 Å². The zero-order chi connectivity index (χ0) is 27.7. The molecule has 3 aromatic rings. The number of aryl methyl sites for hydroxylation is 1. The van der Waals surface area contributed by atoms with E-state index >= 15 is 0 Å². The standard InChI is InChI=1S/C29H35N3O5S/c1-5-27(29(34)30-3)31(20-19-23-9-7-6-8-10-23)28(33)21-32(24-13-11-22(2)12-14-24)38(35,36)26-17-15-25(37-4)16-18-26/h6-18,27H,5,19-21H2,1-4H3,(H,30,34)/t27-/m0/s1. The van der Waals surface area contributed by atoms with Gasteiger partial charge in [0, 0.05) is 13.6 Å². The van der Waals surface area contributed by atoms with Crippen molar-refractivity contribution in [2.75, 3.05) is 31.6 Å². The topological polar surface area (TPSA) is 96.0 Å². The van der Waals surface area contributed by atoms with E-state index < -0.39 is 28.5 Å². The quantitative estimate of drug-likeness (QED) is 0.379. The van der Waals surface area contributed by atoms with E-state index in [1.807, 2.05) is 44.2 Å². The Morgan fingerprint density at radius 1 is 0.947 bits per heavy atom. The maximum Gasteiger partial charge on any atom is 0.264 e. The predicted octanol–water partition coefficient (Wildman–Crippen LogP) is 3.79. The van der Waals surface area contributed by atoms with E-state index in [-0.39, 0.29) is 17.3 Å². The highest BCUT2D eigenvalue weighted by Crippen LogP contribution is 2.26.